The van der Waals surface area contributed by atoms with Crippen LogP contribution in [0.15, 0.2) is 18.2 Å². The summed E-state index contributed by atoms with van der Waals surface area (Å²) in [4.78, 5) is 15.5. The van der Waals surface area contributed by atoms with E-state index in [-0.39, 0.29) is 11.3 Å². The predicted molar refractivity (Wildman–Crippen MR) is 84.6 cm³/mol. The Balaban J connectivity index is 2.37. The molecule has 0 aromatic heterocycles. The molecule has 0 amide bonds. The van der Waals surface area contributed by atoms with Gasteiger partial charge in [0.15, 0.2) is 5.78 Å². The highest BCUT2D eigenvalue weighted by atomic mass is 35.5. The second kappa shape index (κ2) is 6.28. The molecule has 0 bridgehead atoms. The van der Waals surface area contributed by atoms with Crippen LogP contribution in [-0.2, 0) is 0 Å². The van der Waals surface area contributed by atoms with E-state index in [1.54, 1.807) is 0 Å². The number of likely N-dealkylation sites (tertiary alicyclic amines) is 1. The minimum Gasteiger partial charge on any atom is -0.292 e. The number of halogens is 1. The lowest BCUT2D eigenvalue weighted by atomic mass is 9.82. The monoisotopic (exact) mass is 293 g/mol. The Morgan fingerprint density at radius 3 is 2.35 bits per heavy atom. The Hall–Kier alpha value is -0.860. The van der Waals surface area contributed by atoms with E-state index in [4.69, 9.17) is 11.6 Å². The molecule has 2 rings (SSSR count). The molecule has 0 aliphatic carbocycles. The second-order valence-electron chi connectivity index (χ2n) is 5.73. The van der Waals surface area contributed by atoms with Gasteiger partial charge >= 0.3 is 0 Å². The maximum atomic E-state index is 13.1. The van der Waals surface area contributed by atoms with Gasteiger partial charge in [-0.15, -0.1) is 0 Å². The fraction of sp³-hybridized carbons (Fsp3) is 0.588. The van der Waals surface area contributed by atoms with E-state index >= 15 is 0 Å². The van der Waals surface area contributed by atoms with Crippen LogP contribution in [0.4, 0.5) is 0 Å². The number of hydrogen-bond acceptors (Lipinski definition) is 2. The number of ketones is 1. The van der Waals surface area contributed by atoms with Gasteiger partial charge < -0.3 is 0 Å². The van der Waals surface area contributed by atoms with Crippen molar-refractivity contribution in [1.82, 2.24) is 4.90 Å². The molecular weight excluding hydrogens is 270 g/mol. The third kappa shape index (κ3) is 2.64. The number of rotatable bonds is 5. The average Bonchev–Trinajstić information content (AvgIpc) is 2.98. The average molecular weight is 294 g/mol. The van der Waals surface area contributed by atoms with Crippen molar-refractivity contribution in [2.24, 2.45) is 0 Å². The fourth-order valence-electron chi connectivity index (χ4n) is 3.31. The largest absolute Gasteiger partial charge is 0.292 e. The fourth-order valence-corrected chi connectivity index (χ4v) is 3.49. The summed E-state index contributed by atoms with van der Waals surface area (Å²) in [6, 6.07) is 5.69. The summed E-state index contributed by atoms with van der Waals surface area (Å²) >= 11 is 6.19. The van der Waals surface area contributed by atoms with Crippen LogP contribution in [0.2, 0.25) is 5.02 Å². The van der Waals surface area contributed by atoms with Crippen molar-refractivity contribution < 1.29 is 4.79 Å². The number of nitrogens with zero attached hydrogens (tertiary/aromatic N) is 1. The molecule has 20 heavy (non-hydrogen) atoms. The van der Waals surface area contributed by atoms with E-state index < -0.39 is 0 Å². The Labute approximate surface area is 127 Å². The van der Waals surface area contributed by atoms with E-state index in [1.807, 2.05) is 25.1 Å². The predicted octanol–water partition coefficient (Wildman–Crippen LogP) is 4.49. The third-order valence-electron chi connectivity index (χ3n) is 4.74. The van der Waals surface area contributed by atoms with Crippen LogP contribution in [0.1, 0.15) is 55.5 Å². The molecule has 1 aromatic carbocycles. The van der Waals surface area contributed by atoms with E-state index in [0.29, 0.717) is 5.02 Å². The number of carbonyl (C=O) groups excluding carboxylic acids is 1. The smallest absolute Gasteiger partial charge is 0.183 e. The van der Waals surface area contributed by atoms with Crippen LogP contribution in [0.25, 0.3) is 0 Å². The Bertz CT molecular complexity index is 488. The molecule has 0 saturated carbocycles. The summed E-state index contributed by atoms with van der Waals surface area (Å²) < 4.78 is 0. The van der Waals surface area contributed by atoms with Crippen molar-refractivity contribution in [2.45, 2.75) is 52.0 Å². The zero-order valence-electron chi connectivity index (χ0n) is 12.7. The molecule has 0 spiro atoms. The molecule has 1 aliphatic rings. The first kappa shape index (κ1) is 15.5. The van der Waals surface area contributed by atoms with Crippen molar-refractivity contribution >= 4 is 17.4 Å². The van der Waals surface area contributed by atoms with Crippen LogP contribution in [-0.4, -0.2) is 29.3 Å². The zero-order chi connectivity index (χ0) is 14.8. The van der Waals surface area contributed by atoms with Gasteiger partial charge in [0, 0.05) is 10.6 Å². The number of aryl methyl sites for hydroxylation is 1. The van der Waals surface area contributed by atoms with Crippen LogP contribution in [0.5, 0.6) is 0 Å². The summed E-state index contributed by atoms with van der Waals surface area (Å²) in [7, 11) is 0. The molecular formula is C17H24ClNO. The highest BCUT2D eigenvalue weighted by Crippen LogP contribution is 2.32. The standard InChI is InChI=1S/C17H24ClNO/c1-4-17(5-2,19-10-6-7-11-19)16(20)14-9-8-13(3)15(18)12-14/h8-9,12H,4-7,10-11H2,1-3H3. The summed E-state index contributed by atoms with van der Waals surface area (Å²) in [5, 5.41) is 0.679. The summed E-state index contributed by atoms with van der Waals surface area (Å²) in [6.07, 6.45) is 4.11. The summed E-state index contributed by atoms with van der Waals surface area (Å²) in [5.41, 5.74) is 1.41. The van der Waals surface area contributed by atoms with E-state index in [2.05, 4.69) is 18.7 Å². The molecule has 0 atom stereocenters. The first-order chi connectivity index (χ1) is 9.55. The topological polar surface area (TPSA) is 20.3 Å². The minimum absolute atomic E-state index is 0.228. The highest BCUT2D eigenvalue weighted by molar-refractivity contribution is 6.31. The van der Waals surface area contributed by atoms with Crippen molar-refractivity contribution in [1.29, 1.82) is 0 Å². The number of hydrogen-bond donors (Lipinski definition) is 0. The van der Waals surface area contributed by atoms with E-state index in [9.17, 15) is 4.79 Å². The molecule has 3 heteroatoms. The molecule has 110 valence electrons. The lowest BCUT2D eigenvalue weighted by Gasteiger charge is -2.39. The molecule has 0 radical (unpaired) electrons. The van der Waals surface area contributed by atoms with E-state index in [0.717, 1.165) is 37.1 Å². The molecule has 2 nitrogen and oxygen atoms in total. The summed E-state index contributed by atoms with van der Waals surface area (Å²) in [6.45, 7) is 8.27. The van der Waals surface area contributed by atoms with Gasteiger partial charge in [0.2, 0.25) is 0 Å². The van der Waals surface area contributed by atoms with Gasteiger partial charge in [-0.25, -0.2) is 0 Å². The zero-order valence-corrected chi connectivity index (χ0v) is 13.5. The molecule has 1 saturated heterocycles. The van der Waals surface area contributed by atoms with Crippen LogP contribution >= 0.6 is 11.6 Å². The lowest BCUT2D eigenvalue weighted by Crippen LogP contribution is -2.52. The van der Waals surface area contributed by atoms with Crippen molar-refractivity contribution in [2.75, 3.05) is 13.1 Å². The minimum atomic E-state index is -0.352. The van der Waals surface area contributed by atoms with Gasteiger partial charge in [-0.2, -0.15) is 0 Å². The van der Waals surface area contributed by atoms with Gasteiger partial charge in [-0.1, -0.05) is 37.6 Å². The van der Waals surface area contributed by atoms with E-state index in [1.165, 1.54) is 12.8 Å². The first-order valence-electron chi connectivity index (χ1n) is 7.61. The molecule has 1 aromatic rings. The van der Waals surface area contributed by atoms with Crippen LogP contribution in [0, 0.1) is 6.92 Å². The van der Waals surface area contributed by atoms with Gasteiger partial charge in [-0.05, 0) is 57.3 Å². The lowest BCUT2D eigenvalue weighted by molar-refractivity contribution is 0.0581. The van der Waals surface area contributed by atoms with Crippen molar-refractivity contribution in [3.8, 4) is 0 Å². The molecule has 0 unspecified atom stereocenters. The molecule has 1 fully saturated rings. The number of carbonyl (C=O) groups is 1. The number of benzene rings is 1. The SMILES string of the molecule is CCC(CC)(C(=O)c1ccc(C)c(Cl)c1)N1CCCC1. The third-order valence-corrected chi connectivity index (χ3v) is 5.15. The summed E-state index contributed by atoms with van der Waals surface area (Å²) in [5.74, 6) is 0.228. The molecule has 1 aliphatic heterocycles. The van der Waals surface area contributed by atoms with Gasteiger partial charge in [-0.3, -0.25) is 9.69 Å². The maximum absolute atomic E-state index is 13.1. The van der Waals surface area contributed by atoms with Gasteiger partial charge in [0.05, 0.1) is 5.54 Å². The Kier molecular flexibility index (Phi) is 4.87. The Morgan fingerprint density at radius 2 is 1.85 bits per heavy atom. The normalized spacial score (nSPS) is 16.6. The number of Topliss-reactive ketones (excluding diaryl/α,β-unsaturated/α-hetero) is 1. The second-order valence-corrected chi connectivity index (χ2v) is 6.13. The van der Waals surface area contributed by atoms with Crippen LogP contribution < -0.4 is 0 Å². The van der Waals surface area contributed by atoms with Crippen molar-refractivity contribution in [3.63, 3.8) is 0 Å². The molecule has 1 heterocycles. The van der Waals surface area contributed by atoms with Gasteiger partial charge in [0.1, 0.15) is 0 Å². The maximum Gasteiger partial charge on any atom is 0.183 e. The Morgan fingerprint density at radius 1 is 1.25 bits per heavy atom. The molecule has 0 N–H and O–H groups in total. The van der Waals surface area contributed by atoms with Gasteiger partial charge in [0.25, 0.3) is 0 Å². The van der Waals surface area contributed by atoms with Crippen molar-refractivity contribution in [3.05, 3.63) is 34.3 Å². The van der Waals surface area contributed by atoms with Crippen LogP contribution in [0.3, 0.4) is 0 Å². The quantitative estimate of drug-likeness (QED) is 0.746. The highest BCUT2D eigenvalue weighted by Gasteiger charge is 2.42. The first-order valence-corrected chi connectivity index (χ1v) is 7.99.